The van der Waals surface area contributed by atoms with E-state index >= 15 is 0 Å². The molecule has 0 aliphatic carbocycles. The van der Waals surface area contributed by atoms with Crippen molar-refractivity contribution in [2.75, 3.05) is 26.5 Å². The third-order valence-electron chi connectivity index (χ3n) is 3.26. The van der Waals surface area contributed by atoms with Crippen LogP contribution in [0.15, 0.2) is 42.5 Å². The molecule has 2 aromatic rings. The molecule has 0 aromatic heterocycles. The molecule has 0 spiro atoms. The fraction of sp³-hybridized carbons (Fsp3) is 0.176. The fourth-order valence-corrected chi connectivity index (χ4v) is 2.02. The molecule has 23 heavy (non-hydrogen) atoms. The zero-order valence-electron chi connectivity index (χ0n) is 13.2. The van der Waals surface area contributed by atoms with Crippen LogP contribution in [0.25, 0.3) is 0 Å². The lowest BCUT2D eigenvalue weighted by molar-refractivity contribution is 0.0827. The lowest BCUT2D eigenvalue weighted by Gasteiger charge is -2.12. The summed E-state index contributed by atoms with van der Waals surface area (Å²) < 4.78 is 4.98. The molecule has 0 fully saturated rings. The van der Waals surface area contributed by atoms with E-state index in [2.05, 4.69) is 5.32 Å². The van der Waals surface area contributed by atoms with Crippen LogP contribution < -0.4 is 10.1 Å². The number of amides is 2. The highest BCUT2D eigenvalue weighted by atomic mass is 16.5. The van der Waals surface area contributed by atoms with Gasteiger partial charge in [-0.05, 0) is 36.4 Å². The van der Waals surface area contributed by atoms with Gasteiger partial charge in [0.15, 0.2) is 11.5 Å². The van der Waals surface area contributed by atoms with Gasteiger partial charge >= 0.3 is 0 Å². The molecule has 0 unspecified atom stereocenters. The van der Waals surface area contributed by atoms with E-state index in [1.165, 1.54) is 18.1 Å². The maximum Gasteiger partial charge on any atom is 0.259 e. The van der Waals surface area contributed by atoms with Crippen molar-refractivity contribution in [2.24, 2.45) is 0 Å². The average Bonchev–Trinajstić information content (AvgIpc) is 2.55. The van der Waals surface area contributed by atoms with Crippen molar-refractivity contribution in [3.8, 4) is 11.5 Å². The number of nitrogens with one attached hydrogen (secondary N) is 1. The maximum atomic E-state index is 12.2. The molecule has 0 saturated carbocycles. The van der Waals surface area contributed by atoms with Crippen molar-refractivity contribution in [1.82, 2.24) is 4.90 Å². The first-order valence-corrected chi connectivity index (χ1v) is 6.93. The number of nitrogens with zero attached hydrogens (tertiary/aromatic N) is 1. The normalized spacial score (nSPS) is 10.0. The van der Waals surface area contributed by atoms with Crippen molar-refractivity contribution in [1.29, 1.82) is 0 Å². The van der Waals surface area contributed by atoms with Gasteiger partial charge in [-0.25, -0.2) is 0 Å². The molecule has 0 radical (unpaired) electrons. The largest absolute Gasteiger partial charge is 0.504 e. The summed E-state index contributed by atoms with van der Waals surface area (Å²) in [4.78, 5) is 25.5. The minimum absolute atomic E-state index is 0.109. The Morgan fingerprint density at radius 2 is 1.74 bits per heavy atom. The van der Waals surface area contributed by atoms with Gasteiger partial charge in [-0.1, -0.05) is 6.07 Å². The first-order chi connectivity index (χ1) is 10.9. The molecule has 6 heteroatoms. The van der Waals surface area contributed by atoms with E-state index in [1.54, 1.807) is 50.5 Å². The number of hydrogen-bond donors (Lipinski definition) is 2. The number of rotatable bonds is 4. The first kappa shape index (κ1) is 16.4. The van der Waals surface area contributed by atoms with Crippen molar-refractivity contribution >= 4 is 17.5 Å². The molecule has 2 amide bonds. The molecule has 2 aromatic carbocycles. The molecule has 2 rings (SSSR count). The fourth-order valence-electron chi connectivity index (χ4n) is 2.02. The monoisotopic (exact) mass is 314 g/mol. The summed E-state index contributed by atoms with van der Waals surface area (Å²) in [7, 11) is 4.75. The van der Waals surface area contributed by atoms with Crippen LogP contribution in [0, 0.1) is 0 Å². The van der Waals surface area contributed by atoms with Crippen LogP contribution in [-0.2, 0) is 0 Å². The molecule has 0 aliphatic heterocycles. The number of hydrogen-bond acceptors (Lipinski definition) is 4. The number of phenolic OH excluding ortho intramolecular Hbond substituents is 1. The number of para-hydroxylation sites is 1. The molecule has 6 nitrogen and oxygen atoms in total. The lowest BCUT2D eigenvalue weighted by Crippen LogP contribution is -2.21. The van der Waals surface area contributed by atoms with E-state index in [9.17, 15) is 14.7 Å². The summed E-state index contributed by atoms with van der Waals surface area (Å²) in [5, 5.41) is 12.6. The number of carbonyl (C=O) groups excluding carboxylic acids is 2. The Morgan fingerprint density at radius 1 is 1.09 bits per heavy atom. The number of anilines is 1. The van der Waals surface area contributed by atoms with Crippen LogP contribution in [0.4, 0.5) is 5.69 Å². The summed E-state index contributed by atoms with van der Waals surface area (Å²) in [6, 6.07) is 11.2. The third kappa shape index (κ3) is 3.60. The standard InChI is InChI=1S/C17H18N2O4/c1-19(2)17(22)11-7-9-12(10-8-11)18-16(21)13-5-4-6-14(23-3)15(13)20/h4-10,20H,1-3H3,(H,18,21). The van der Waals surface area contributed by atoms with Crippen molar-refractivity contribution in [2.45, 2.75) is 0 Å². The first-order valence-electron chi connectivity index (χ1n) is 6.93. The van der Waals surface area contributed by atoms with E-state index < -0.39 is 5.91 Å². The molecule has 0 atom stereocenters. The number of phenols is 1. The third-order valence-corrected chi connectivity index (χ3v) is 3.26. The number of carbonyl (C=O) groups is 2. The van der Waals surface area contributed by atoms with Gasteiger partial charge in [0.1, 0.15) is 0 Å². The SMILES string of the molecule is COc1cccc(C(=O)Nc2ccc(C(=O)N(C)C)cc2)c1O. The zero-order chi connectivity index (χ0) is 17.0. The second kappa shape index (κ2) is 6.83. The second-order valence-corrected chi connectivity index (χ2v) is 5.09. The smallest absolute Gasteiger partial charge is 0.259 e. The van der Waals surface area contributed by atoms with Crippen LogP contribution in [0.2, 0.25) is 0 Å². The topological polar surface area (TPSA) is 78.9 Å². The minimum atomic E-state index is -0.465. The number of ether oxygens (including phenoxy) is 1. The Kier molecular flexibility index (Phi) is 4.85. The van der Waals surface area contributed by atoms with E-state index in [-0.39, 0.29) is 23.0 Å². The Bertz CT molecular complexity index is 724. The Labute approximate surface area is 134 Å². The molecule has 0 bridgehead atoms. The second-order valence-electron chi connectivity index (χ2n) is 5.09. The Balaban J connectivity index is 2.16. The zero-order valence-corrected chi connectivity index (χ0v) is 13.2. The molecule has 0 aliphatic rings. The van der Waals surface area contributed by atoms with E-state index in [0.29, 0.717) is 11.3 Å². The Hall–Kier alpha value is -3.02. The molecule has 120 valence electrons. The highest BCUT2D eigenvalue weighted by Crippen LogP contribution is 2.29. The molecule has 0 heterocycles. The lowest BCUT2D eigenvalue weighted by atomic mass is 10.1. The van der Waals surface area contributed by atoms with Crippen molar-refractivity contribution in [3.05, 3.63) is 53.6 Å². The highest BCUT2D eigenvalue weighted by molar-refractivity contribution is 6.06. The predicted molar refractivity (Wildman–Crippen MR) is 87.1 cm³/mol. The Morgan fingerprint density at radius 3 is 2.30 bits per heavy atom. The predicted octanol–water partition coefficient (Wildman–Crippen LogP) is 2.35. The summed E-state index contributed by atoms with van der Waals surface area (Å²) in [6.07, 6.45) is 0. The van der Waals surface area contributed by atoms with Gasteiger partial charge in [0, 0.05) is 25.3 Å². The summed E-state index contributed by atoms with van der Waals surface area (Å²) in [5.41, 5.74) is 1.16. The van der Waals surface area contributed by atoms with Crippen LogP contribution in [0.5, 0.6) is 11.5 Å². The van der Waals surface area contributed by atoms with Crippen LogP contribution in [0.3, 0.4) is 0 Å². The van der Waals surface area contributed by atoms with Crippen molar-refractivity contribution in [3.63, 3.8) is 0 Å². The van der Waals surface area contributed by atoms with Gasteiger partial charge in [-0.15, -0.1) is 0 Å². The minimum Gasteiger partial charge on any atom is -0.504 e. The average molecular weight is 314 g/mol. The van der Waals surface area contributed by atoms with Gasteiger partial charge in [0.25, 0.3) is 11.8 Å². The van der Waals surface area contributed by atoms with Gasteiger partial charge in [0.2, 0.25) is 0 Å². The molecule has 2 N–H and O–H groups in total. The van der Waals surface area contributed by atoms with Gasteiger partial charge in [-0.3, -0.25) is 9.59 Å². The van der Waals surface area contributed by atoms with Gasteiger partial charge < -0.3 is 20.1 Å². The molecule has 0 saturated heterocycles. The van der Waals surface area contributed by atoms with Crippen LogP contribution >= 0.6 is 0 Å². The summed E-state index contributed by atoms with van der Waals surface area (Å²) >= 11 is 0. The highest BCUT2D eigenvalue weighted by Gasteiger charge is 2.15. The molecular formula is C17H18N2O4. The van der Waals surface area contributed by atoms with E-state index in [4.69, 9.17) is 4.74 Å². The van der Waals surface area contributed by atoms with E-state index in [0.717, 1.165) is 0 Å². The van der Waals surface area contributed by atoms with E-state index in [1.807, 2.05) is 0 Å². The maximum absolute atomic E-state index is 12.2. The number of methoxy groups -OCH3 is 1. The summed E-state index contributed by atoms with van der Waals surface area (Å²) in [6.45, 7) is 0. The van der Waals surface area contributed by atoms with Crippen molar-refractivity contribution < 1.29 is 19.4 Å². The summed E-state index contributed by atoms with van der Waals surface area (Å²) in [5.74, 6) is -0.571. The van der Waals surface area contributed by atoms with Crippen LogP contribution in [-0.4, -0.2) is 43.0 Å². The van der Waals surface area contributed by atoms with Gasteiger partial charge in [-0.2, -0.15) is 0 Å². The van der Waals surface area contributed by atoms with Crippen LogP contribution in [0.1, 0.15) is 20.7 Å². The molecular weight excluding hydrogens is 296 g/mol. The van der Waals surface area contributed by atoms with Gasteiger partial charge in [0.05, 0.1) is 12.7 Å². The quantitative estimate of drug-likeness (QED) is 0.908. The number of benzene rings is 2. The number of aromatic hydroxyl groups is 1.